The zero-order chi connectivity index (χ0) is 11.4. The van der Waals surface area contributed by atoms with Crippen molar-refractivity contribution in [1.29, 1.82) is 5.41 Å². The Kier molecular flexibility index (Phi) is 4.43. The van der Waals surface area contributed by atoms with E-state index in [0.29, 0.717) is 15.9 Å². The highest BCUT2D eigenvalue weighted by Gasteiger charge is 2.09. The number of amidine groups is 1. The number of nitrogens with zero attached hydrogens (tertiary/aromatic N) is 1. The highest BCUT2D eigenvalue weighted by molar-refractivity contribution is 6.35. The van der Waals surface area contributed by atoms with Crippen molar-refractivity contribution >= 4 is 29.0 Å². The third-order valence-electron chi connectivity index (χ3n) is 2.22. The number of benzene rings is 1. The first-order valence-corrected chi connectivity index (χ1v) is 5.64. The van der Waals surface area contributed by atoms with Crippen LogP contribution in [0.1, 0.15) is 19.4 Å². The first-order chi connectivity index (χ1) is 7.08. The van der Waals surface area contributed by atoms with Gasteiger partial charge in [-0.05, 0) is 32.0 Å². The maximum absolute atomic E-state index is 7.99. The summed E-state index contributed by atoms with van der Waals surface area (Å²) in [5, 5.41) is 9.12. The molecule has 1 N–H and O–H groups in total. The van der Waals surface area contributed by atoms with Crippen LogP contribution in [0.5, 0.6) is 0 Å². The summed E-state index contributed by atoms with van der Waals surface area (Å²) in [4.78, 5) is 1.95. The molecule has 0 aliphatic rings. The van der Waals surface area contributed by atoms with Crippen molar-refractivity contribution in [3.63, 3.8) is 0 Å². The molecule has 0 aliphatic heterocycles. The molecule has 1 aromatic carbocycles. The monoisotopic (exact) mass is 244 g/mol. The standard InChI is InChI=1S/C11H14Cl2N2/c1-3-15(4-2)11(14)8-5-9(12)7-10(13)6-8/h5-7,14H,3-4H2,1-2H3. The minimum Gasteiger partial charge on any atom is -0.357 e. The van der Waals surface area contributed by atoms with Gasteiger partial charge in [0.15, 0.2) is 0 Å². The molecule has 1 aromatic rings. The number of halogens is 2. The average molecular weight is 245 g/mol. The molecule has 82 valence electrons. The molecule has 0 spiro atoms. The summed E-state index contributed by atoms with van der Waals surface area (Å²) in [6.45, 7) is 5.65. The van der Waals surface area contributed by atoms with E-state index in [9.17, 15) is 0 Å². The minimum absolute atomic E-state index is 0.462. The highest BCUT2D eigenvalue weighted by atomic mass is 35.5. The molecule has 0 saturated heterocycles. The van der Waals surface area contributed by atoms with Crippen molar-refractivity contribution in [3.05, 3.63) is 33.8 Å². The van der Waals surface area contributed by atoms with Crippen LogP contribution in [0.3, 0.4) is 0 Å². The van der Waals surface area contributed by atoms with E-state index in [1.54, 1.807) is 18.2 Å². The fraction of sp³-hybridized carbons (Fsp3) is 0.364. The third kappa shape index (κ3) is 3.11. The molecule has 1 rings (SSSR count). The van der Waals surface area contributed by atoms with Crippen LogP contribution in [0, 0.1) is 5.41 Å². The van der Waals surface area contributed by atoms with Crippen LogP contribution in [0.4, 0.5) is 0 Å². The number of rotatable bonds is 3. The maximum Gasteiger partial charge on any atom is 0.128 e. The zero-order valence-electron chi connectivity index (χ0n) is 8.85. The van der Waals surface area contributed by atoms with E-state index in [1.165, 1.54) is 0 Å². The molecular weight excluding hydrogens is 231 g/mol. The van der Waals surface area contributed by atoms with Gasteiger partial charge in [-0.1, -0.05) is 23.2 Å². The predicted molar refractivity (Wildman–Crippen MR) is 66.2 cm³/mol. The summed E-state index contributed by atoms with van der Waals surface area (Å²) >= 11 is 11.8. The molecule has 15 heavy (non-hydrogen) atoms. The molecule has 0 saturated carbocycles. The lowest BCUT2D eigenvalue weighted by atomic mass is 10.2. The SMILES string of the molecule is CCN(CC)C(=N)c1cc(Cl)cc(Cl)c1. The first-order valence-electron chi connectivity index (χ1n) is 4.88. The van der Waals surface area contributed by atoms with Crippen molar-refractivity contribution in [2.45, 2.75) is 13.8 Å². The summed E-state index contributed by atoms with van der Waals surface area (Å²) < 4.78 is 0. The highest BCUT2D eigenvalue weighted by Crippen LogP contribution is 2.20. The van der Waals surface area contributed by atoms with Crippen molar-refractivity contribution in [2.24, 2.45) is 0 Å². The summed E-state index contributed by atoms with van der Waals surface area (Å²) in [6.07, 6.45) is 0. The molecule has 0 bridgehead atoms. The van der Waals surface area contributed by atoms with Crippen LogP contribution in [-0.4, -0.2) is 23.8 Å². The molecule has 0 amide bonds. The predicted octanol–water partition coefficient (Wildman–Crippen LogP) is 3.66. The van der Waals surface area contributed by atoms with Gasteiger partial charge in [0.2, 0.25) is 0 Å². The quantitative estimate of drug-likeness (QED) is 0.638. The van der Waals surface area contributed by atoms with Gasteiger partial charge in [-0.3, -0.25) is 5.41 Å². The lowest BCUT2D eigenvalue weighted by Crippen LogP contribution is -2.30. The van der Waals surface area contributed by atoms with Gasteiger partial charge >= 0.3 is 0 Å². The fourth-order valence-electron chi connectivity index (χ4n) is 1.41. The number of nitrogens with one attached hydrogen (secondary N) is 1. The van der Waals surface area contributed by atoms with Crippen LogP contribution in [0.15, 0.2) is 18.2 Å². The molecular formula is C11H14Cl2N2. The van der Waals surface area contributed by atoms with Gasteiger partial charge in [0, 0.05) is 28.7 Å². The Balaban J connectivity index is 3.00. The van der Waals surface area contributed by atoms with E-state index in [1.807, 2.05) is 18.7 Å². The fourth-order valence-corrected chi connectivity index (χ4v) is 1.94. The van der Waals surface area contributed by atoms with Gasteiger partial charge in [0.25, 0.3) is 0 Å². The van der Waals surface area contributed by atoms with E-state index >= 15 is 0 Å². The van der Waals surface area contributed by atoms with Gasteiger partial charge in [0.05, 0.1) is 0 Å². The lowest BCUT2D eigenvalue weighted by Gasteiger charge is -2.21. The number of hydrogen-bond acceptors (Lipinski definition) is 1. The van der Waals surface area contributed by atoms with E-state index in [2.05, 4.69) is 0 Å². The van der Waals surface area contributed by atoms with E-state index < -0.39 is 0 Å². The van der Waals surface area contributed by atoms with Gasteiger partial charge in [-0.15, -0.1) is 0 Å². The summed E-state index contributed by atoms with van der Waals surface area (Å²) in [7, 11) is 0. The molecule has 0 radical (unpaired) electrons. The second kappa shape index (κ2) is 5.38. The maximum atomic E-state index is 7.99. The molecule has 0 aromatic heterocycles. The van der Waals surface area contributed by atoms with Crippen LogP contribution in [0.25, 0.3) is 0 Å². The molecule has 0 aliphatic carbocycles. The van der Waals surface area contributed by atoms with Gasteiger partial charge < -0.3 is 4.90 Å². The Hall–Kier alpha value is -0.730. The first kappa shape index (κ1) is 12.3. The van der Waals surface area contributed by atoms with E-state index in [-0.39, 0.29) is 0 Å². The van der Waals surface area contributed by atoms with Crippen molar-refractivity contribution in [1.82, 2.24) is 4.90 Å². The molecule has 0 heterocycles. The van der Waals surface area contributed by atoms with Crippen molar-refractivity contribution in [3.8, 4) is 0 Å². The Bertz CT molecular complexity index is 339. The van der Waals surface area contributed by atoms with Gasteiger partial charge in [-0.25, -0.2) is 0 Å². The summed E-state index contributed by atoms with van der Waals surface area (Å²) in [6, 6.07) is 5.18. The summed E-state index contributed by atoms with van der Waals surface area (Å²) in [5.41, 5.74) is 0.760. The van der Waals surface area contributed by atoms with E-state index in [0.717, 1.165) is 18.7 Å². The second-order valence-corrected chi connectivity index (χ2v) is 4.05. The zero-order valence-corrected chi connectivity index (χ0v) is 10.4. The van der Waals surface area contributed by atoms with Crippen molar-refractivity contribution in [2.75, 3.05) is 13.1 Å². The van der Waals surface area contributed by atoms with E-state index in [4.69, 9.17) is 28.6 Å². The normalized spacial score (nSPS) is 10.1. The minimum atomic E-state index is 0.462. The molecule has 4 heteroatoms. The smallest absolute Gasteiger partial charge is 0.128 e. The largest absolute Gasteiger partial charge is 0.357 e. The summed E-state index contributed by atoms with van der Waals surface area (Å²) in [5.74, 6) is 0.462. The van der Waals surface area contributed by atoms with Crippen LogP contribution >= 0.6 is 23.2 Å². The van der Waals surface area contributed by atoms with Gasteiger partial charge in [-0.2, -0.15) is 0 Å². The van der Waals surface area contributed by atoms with Crippen LogP contribution in [-0.2, 0) is 0 Å². The Morgan fingerprint density at radius 3 is 2.00 bits per heavy atom. The molecule has 0 atom stereocenters. The Morgan fingerprint density at radius 1 is 1.13 bits per heavy atom. The Morgan fingerprint density at radius 2 is 1.60 bits per heavy atom. The lowest BCUT2D eigenvalue weighted by molar-refractivity contribution is 0.463. The third-order valence-corrected chi connectivity index (χ3v) is 2.65. The second-order valence-electron chi connectivity index (χ2n) is 3.18. The molecule has 2 nitrogen and oxygen atoms in total. The van der Waals surface area contributed by atoms with Gasteiger partial charge in [0.1, 0.15) is 5.84 Å². The number of hydrogen-bond donors (Lipinski definition) is 1. The topological polar surface area (TPSA) is 27.1 Å². The molecule has 0 fully saturated rings. The van der Waals surface area contributed by atoms with Crippen LogP contribution < -0.4 is 0 Å². The van der Waals surface area contributed by atoms with Crippen molar-refractivity contribution < 1.29 is 0 Å². The Labute approximate surface area is 100 Å². The van der Waals surface area contributed by atoms with Crippen LogP contribution in [0.2, 0.25) is 10.0 Å². The molecule has 0 unspecified atom stereocenters. The average Bonchev–Trinajstić information content (AvgIpc) is 2.18.